The van der Waals surface area contributed by atoms with Crippen molar-refractivity contribution in [3.63, 3.8) is 0 Å². The molecule has 0 aliphatic heterocycles. The van der Waals surface area contributed by atoms with Crippen LogP contribution in [0.4, 0.5) is 0 Å². The van der Waals surface area contributed by atoms with Gasteiger partial charge in [-0.05, 0) is 19.3 Å². The second kappa shape index (κ2) is 2.86. The summed E-state index contributed by atoms with van der Waals surface area (Å²) in [5, 5.41) is 8.76. The highest BCUT2D eigenvalue weighted by Gasteiger charge is 2.39. The Hall–Kier alpha value is -1.34. The van der Waals surface area contributed by atoms with Gasteiger partial charge in [-0.2, -0.15) is 5.26 Å². The average Bonchev–Trinajstić information content (AvgIpc) is 2.72. The van der Waals surface area contributed by atoms with Crippen LogP contribution in [0.3, 0.4) is 0 Å². The summed E-state index contributed by atoms with van der Waals surface area (Å²) in [6, 6.07) is 2.26. The lowest BCUT2D eigenvalue weighted by Gasteiger charge is -2.20. The number of aromatic amines is 1. The van der Waals surface area contributed by atoms with Crippen molar-refractivity contribution in [2.24, 2.45) is 11.7 Å². The van der Waals surface area contributed by atoms with Crippen molar-refractivity contribution in [3.05, 3.63) is 18.2 Å². The first-order chi connectivity index (χ1) is 6.24. The number of hydrogen-bond acceptors (Lipinski definition) is 3. The number of hydrogen-bond donors (Lipinski definition) is 2. The van der Waals surface area contributed by atoms with Gasteiger partial charge < -0.3 is 10.7 Å². The van der Waals surface area contributed by atoms with Crippen LogP contribution in [0.2, 0.25) is 0 Å². The van der Waals surface area contributed by atoms with E-state index in [0.717, 1.165) is 25.1 Å². The molecule has 1 aromatic heterocycles. The predicted octanol–water partition coefficient (Wildman–Crippen LogP) is 0.887. The number of nitrogens with two attached hydrogens (primary N) is 1. The van der Waals surface area contributed by atoms with Crippen LogP contribution in [-0.4, -0.2) is 9.97 Å². The Labute approximate surface area is 76.8 Å². The molecule has 0 spiro atoms. The van der Waals surface area contributed by atoms with Gasteiger partial charge in [0.05, 0.1) is 11.6 Å². The maximum absolute atomic E-state index is 8.76. The van der Waals surface area contributed by atoms with Crippen molar-refractivity contribution >= 4 is 0 Å². The number of nitriles is 1. The van der Waals surface area contributed by atoms with E-state index < -0.39 is 5.54 Å². The van der Waals surface area contributed by atoms with Crippen LogP contribution in [-0.2, 0) is 5.54 Å². The van der Waals surface area contributed by atoms with Crippen LogP contribution in [0.25, 0.3) is 0 Å². The first-order valence-electron chi connectivity index (χ1n) is 4.43. The minimum Gasteiger partial charge on any atom is -0.347 e. The Morgan fingerprint density at radius 2 is 2.62 bits per heavy atom. The largest absolute Gasteiger partial charge is 0.347 e. The highest BCUT2D eigenvalue weighted by Crippen LogP contribution is 2.37. The zero-order valence-corrected chi connectivity index (χ0v) is 7.33. The van der Waals surface area contributed by atoms with Gasteiger partial charge in [0.15, 0.2) is 0 Å². The molecule has 1 heterocycles. The molecule has 1 aliphatic rings. The van der Waals surface area contributed by atoms with Crippen LogP contribution in [0.1, 0.15) is 25.1 Å². The number of rotatable bonds is 1. The van der Waals surface area contributed by atoms with Gasteiger partial charge in [0, 0.05) is 18.3 Å². The molecule has 4 heteroatoms. The molecule has 68 valence electrons. The van der Waals surface area contributed by atoms with Crippen molar-refractivity contribution in [2.45, 2.75) is 24.8 Å². The summed E-state index contributed by atoms with van der Waals surface area (Å²) >= 11 is 0. The molecule has 0 amide bonds. The molecule has 1 aromatic rings. The summed E-state index contributed by atoms with van der Waals surface area (Å²) in [5.41, 5.74) is 5.75. The fourth-order valence-corrected chi connectivity index (χ4v) is 1.94. The molecular weight excluding hydrogens is 164 g/mol. The number of aromatic nitrogens is 2. The number of nitrogens with zero attached hydrogens (tertiary/aromatic N) is 2. The van der Waals surface area contributed by atoms with Crippen molar-refractivity contribution in [1.82, 2.24) is 9.97 Å². The molecule has 13 heavy (non-hydrogen) atoms. The summed E-state index contributed by atoms with van der Waals surface area (Å²) in [5.74, 6) is 0.903. The Morgan fingerprint density at radius 1 is 1.77 bits per heavy atom. The summed E-state index contributed by atoms with van der Waals surface area (Å²) in [4.78, 5) is 7.17. The van der Waals surface area contributed by atoms with E-state index in [4.69, 9.17) is 11.0 Å². The fourth-order valence-electron chi connectivity index (χ4n) is 1.94. The number of H-pyrrole nitrogens is 1. The summed E-state index contributed by atoms with van der Waals surface area (Å²) in [6.45, 7) is 0. The summed E-state index contributed by atoms with van der Waals surface area (Å²) in [7, 11) is 0. The first kappa shape index (κ1) is 8.27. The lowest BCUT2D eigenvalue weighted by atomic mass is 9.97. The van der Waals surface area contributed by atoms with Crippen molar-refractivity contribution in [2.75, 3.05) is 0 Å². The van der Waals surface area contributed by atoms with Crippen LogP contribution in [0.15, 0.2) is 12.4 Å². The topological polar surface area (TPSA) is 78.5 Å². The van der Waals surface area contributed by atoms with E-state index in [-0.39, 0.29) is 5.92 Å². The van der Waals surface area contributed by atoms with E-state index in [1.165, 1.54) is 0 Å². The third kappa shape index (κ3) is 1.31. The number of imidazole rings is 1. The van der Waals surface area contributed by atoms with Gasteiger partial charge in [-0.25, -0.2) is 4.98 Å². The van der Waals surface area contributed by atoms with Crippen molar-refractivity contribution in [1.29, 1.82) is 5.26 Å². The van der Waals surface area contributed by atoms with Crippen molar-refractivity contribution < 1.29 is 0 Å². The Morgan fingerprint density at radius 3 is 3.15 bits per heavy atom. The molecule has 0 bridgehead atoms. The van der Waals surface area contributed by atoms with Gasteiger partial charge in [0.25, 0.3) is 0 Å². The van der Waals surface area contributed by atoms with E-state index in [0.29, 0.717) is 0 Å². The molecule has 3 N–H and O–H groups in total. The summed E-state index contributed by atoms with van der Waals surface area (Å²) in [6.07, 6.45) is 5.91. The molecule has 4 nitrogen and oxygen atoms in total. The zero-order valence-electron chi connectivity index (χ0n) is 7.33. The zero-order chi connectivity index (χ0) is 9.31. The van der Waals surface area contributed by atoms with E-state index in [1.807, 2.05) is 0 Å². The van der Waals surface area contributed by atoms with Gasteiger partial charge in [-0.15, -0.1) is 0 Å². The highest BCUT2D eigenvalue weighted by atomic mass is 15.0. The second-order valence-electron chi connectivity index (χ2n) is 3.66. The van der Waals surface area contributed by atoms with E-state index in [2.05, 4.69) is 16.0 Å². The second-order valence-corrected chi connectivity index (χ2v) is 3.66. The van der Waals surface area contributed by atoms with Gasteiger partial charge in [0.2, 0.25) is 0 Å². The Bertz CT molecular complexity index is 324. The minimum absolute atomic E-state index is 0.0927. The highest BCUT2D eigenvalue weighted by molar-refractivity contribution is 5.11. The van der Waals surface area contributed by atoms with E-state index in [9.17, 15) is 0 Å². The maximum atomic E-state index is 8.76. The number of nitrogens with one attached hydrogen (secondary N) is 1. The van der Waals surface area contributed by atoms with Crippen LogP contribution in [0, 0.1) is 17.2 Å². The lowest BCUT2D eigenvalue weighted by Crippen LogP contribution is -2.34. The van der Waals surface area contributed by atoms with Gasteiger partial charge in [-0.1, -0.05) is 0 Å². The molecule has 0 saturated heterocycles. The normalized spacial score (nSPS) is 33.1. The third-order valence-corrected chi connectivity index (χ3v) is 2.70. The lowest BCUT2D eigenvalue weighted by molar-refractivity contribution is 0.426. The molecule has 2 rings (SSSR count). The molecular formula is C9H12N4. The van der Waals surface area contributed by atoms with Gasteiger partial charge in [0.1, 0.15) is 5.82 Å². The molecule has 1 aliphatic carbocycles. The minimum atomic E-state index is -0.399. The Balaban J connectivity index is 2.21. The standard InChI is InChI=1S/C9H12N4/c10-6-7-1-2-9(11,5-7)8-12-3-4-13-8/h3-4,7H,1-2,5,11H2,(H,12,13)/t7-,9+/m0/s1. The van der Waals surface area contributed by atoms with Gasteiger partial charge >= 0.3 is 0 Å². The first-order valence-corrected chi connectivity index (χ1v) is 4.43. The Kier molecular flexibility index (Phi) is 1.82. The molecule has 0 unspecified atom stereocenters. The van der Waals surface area contributed by atoms with E-state index in [1.54, 1.807) is 12.4 Å². The SMILES string of the molecule is N#C[C@H]1CC[C@](N)(c2ncc[nH]2)C1. The maximum Gasteiger partial charge on any atom is 0.126 e. The fraction of sp³-hybridized carbons (Fsp3) is 0.556. The smallest absolute Gasteiger partial charge is 0.126 e. The average molecular weight is 176 g/mol. The predicted molar refractivity (Wildman–Crippen MR) is 47.4 cm³/mol. The molecule has 0 radical (unpaired) electrons. The quantitative estimate of drug-likeness (QED) is 0.666. The van der Waals surface area contributed by atoms with Gasteiger partial charge in [-0.3, -0.25) is 0 Å². The molecule has 2 atom stereocenters. The van der Waals surface area contributed by atoms with Crippen LogP contribution in [0.5, 0.6) is 0 Å². The van der Waals surface area contributed by atoms with E-state index >= 15 is 0 Å². The van der Waals surface area contributed by atoms with Crippen LogP contribution < -0.4 is 5.73 Å². The third-order valence-electron chi connectivity index (χ3n) is 2.70. The van der Waals surface area contributed by atoms with Crippen molar-refractivity contribution in [3.8, 4) is 6.07 Å². The molecule has 1 fully saturated rings. The molecule has 1 saturated carbocycles. The van der Waals surface area contributed by atoms with Crippen LogP contribution >= 0.6 is 0 Å². The molecule has 0 aromatic carbocycles. The monoisotopic (exact) mass is 176 g/mol. The summed E-state index contributed by atoms with van der Waals surface area (Å²) < 4.78 is 0.